The van der Waals surface area contributed by atoms with Crippen LogP contribution >= 0.6 is 0 Å². The minimum atomic E-state index is -0.360. The van der Waals surface area contributed by atoms with Crippen LogP contribution in [0.25, 0.3) is 11.4 Å². The first-order chi connectivity index (χ1) is 9.99. The fourth-order valence-electron chi connectivity index (χ4n) is 2.16. The summed E-state index contributed by atoms with van der Waals surface area (Å²) in [6.45, 7) is 7.00. The van der Waals surface area contributed by atoms with Gasteiger partial charge in [0.1, 0.15) is 5.75 Å². The topological polar surface area (TPSA) is 88.1 Å². The van der Waals surface area contributed by atoms with Crippen LogP contribution in [0.15, 0.2) is 18.2 Å². The van der Waals surface area contributed by atoms with Crippen LogP contribution in [0, 0.1) is 0 Å². The lowest BCUT2D eigenvalue weighted by Crippen LogP contribution is -2.33. The number of tetrazole rings is 1. The van der Waals surface area contributed by atoms with E-state index in [1.807, 2.05) is 39.0 Å². The molecule has 7 heteroatoms. The van der Waals surface area contributed by atoms with E-state index < -0.39 is 0 Å². The zero-order chi connectivity index (χ0) is 15.5. The molecule has 7 nitrogen and oxygen atoms in total. The predicted octanol–water partition coefficient (Wildman–Crippen LogP) is 1.70. The van der Waals surface area contributed by atoms with E-state index in [0.717, 1.165) is 5.56 Å². The Hall–Kier alpha value is -2.15. The molecule has 1 heterocycles. The van der Waals surface area contributed by atoms with Crippen molar-refractivity contribution in [2.75, 3.05) is 26.1 Å². The summed E-state index contributed by atoms with van der Waals surface area (Å²) in [5, 5.41) is 11.9. The number of hydrogen-bond donors (Lipinski definition) is 1. The Morgan fingerprint density at radius 2 is 2.10 bits per heavy atom. The van der Waals surface area contributed by atoms with E-state index in [2.05, 4.69) is 15.5 Å². The molecule has 0 amide bonds. The van der Waals surface area contributed by atoms with Gasteiger partial charge in [0.15, 0.2) is 5.82 Å². The molecule has 0 saturated heterocycles. The summed E-state index contributed by atoms with van der Waals surface area (Å²) in [6, 6.07) is 5.54. The van der Waals surface area contributed by atoms with E-state index in [4.69, 9.17) is 15.2 Å². The molecule has 1 aromatic carbocycles. The Bertz CT molecular complexity index is 609. The highest BCUT2D eigenvalue weighted by Crippen LogP contribution is 2.29. The lowest BCUT2D eigenvalue weighted by Gasteiger charge is -2.24. The molecule has 0 aliphatic carbocycles. The Balaban J connectivity index is 2.40. The van der Waals surface area contributed by atoms with Gasteiger partial charge >= 0.3 is 0 Å². The molecule has 2 N–H and O–H groups in total. The number of benzene rings is 1. The van der Waals surface area contributed by atoms with Crippen LogP contribution < -0.4 is 10.5 Å². The van der Waals surface area contributed by atoms with E-state index >= 15 is 0 Å². The lowest BCUT2D eigenvalue weighted by atomic mass is 10.1. The van der Waals surface area contributed by atoms with Gasteiger partial charge in [-0.15, -0.1) is 5.10 Å². The van der Waals surface area contributed by atoms with E-state index in [1.165, 1.54) is 0 Å². The van der Waals surface area contributed by atoms with Gasteiger partial charge in [-0.05, 0) is 49.4 Å². The molecule has 1 aromatic heterocycles. The summed E-state index contributed by atoms with van der Waals surface area (Å²) in [4.78, 5) is 0. The van der Waals surface area contributed by atoms with Crippen molar-refractivity contribution >= 4 is 5.69 Å². The second-order valence-corrected chi connectivity index (χ2v) is 5.35. The van der Waals surface area contributed by atoms with Crippen LogP contribution in [0.1, 0.15) is 20.8 Å². The van der Waals surface area contributed by atoms with Crippen LogP contribution in [-0.4, -0.2) is 40.5 Å². The minimum absolute atomic E-state index is 0.360. The van der Waals surface area contributed by atoms with E-state index in [1.54, 1.807) is 11.8 Å². The summed E-state index contributed by atoms with van der Waals surface area (Å²) in [5.74, 6) is 1.31. The first kappa shape index (κ1) is 15.2. The smallest absolute Gasteiger partial charge is 0.182 e. The fourth-order valence-corrected chi connectivity index (χ4v) is 2.16. The fraction of sp³-hybridized carbons (Fsp3) is 0.500. The Kier molecular flexibility index (Phi) is 4.42. The number of anilines is 1. The van der Waals surface area contributed by atoms with Crippen molar-refractivity contribution in [2.24, 2.45) is 0 Å². The quantitative estimate of drug-likeness (QED) is 0.815. The zero-order valence-corrected chi connectivity index (χ0v) is 12.8. The molecule has 0 aliphatic heterocycles. The number of methoxy groups -OCH3 is 1. The third-order valence-electron chi connectivity index (χ3n) is 3.11. The van der Waals surface area contributed by atoms with Gasteiger partial charge in [0, 0.05) is 12.7 Å². The van der Waals surface area contributed by atoms with Gasteiger partial charge in [0.25, 0.3) is 0 Å². The SMILES string of the molecule is CCOc1ccc(-c2nnnn2C(C)(C)COC)cc1N. The average Bonchev–Trinajstić information content (AvgIpc) is 2.91. The predicted molar refractivity (Wildman–Crippen MR) is 80.0 cm³/mol. The lowest BCUT2D eigenvalue weighted by molar-refractivity contribution is 0.101. The van der Waals surface area contributed by atoms with Crippen LogP contribution in [0.3, 0.4) is 0 Å². The van der Waals surface area contributed by atoms with Crippen molar-refractivity contribution in [1.82, 2.24) is 20.2 Å². The van der Waals surface area contributed by atoms with Crippen LogP contribution in [0.2, 0.25) is 0 Å². The summed E-state index contributed by atoms with van der Waals surface area (Å²) in [5.41, 5.74) is 7.05. The molecule has 0 bridgehead atoms. The number of nitrogen functional groups attached to an aromatic ring is 1. The van der Waals surface area contributed by atoms with E-state index in [0.29, 0.717) is 30.5 Å². The molecule has 0 saturated carbocycles. The van der Waals surface area contributed by atoms with Gasteiger partial charge in [0.05, 0.1) is 24.4 Å². The highest BCUT2D eigenvalue weighted by molar-refractivity contribution is 5.66. The first-order valence-corrected chi connectivity index (χ1v) is 6.80. The Morgan fingerprint density at radius 3 is 2.71 bits per heavy atom. The third-order valence-corrected chi connectivity index (χ3v) is 3.11. The van der Waals surface area contributed by atoms with Crippen molar-refractivity contribution in [3.63, 3.8) is 0 Å². The van der Waals surface area contributed by atoms with Gasteiger partial charge in [0.2, 0.25) is 0 Å². The van der Waals surface area contributed by atoms with E-state index in [9.17, 15) is 0 Å². The van der Waals surface area contributed by atoms with Crippen molar-refractivity contribution in [1.29, 1.82) is 0 Å². The molecule has 0 atom stereocenters. The van der Waals surface area contributed by atoms with Crippen molar-refractivity contribution in [2.45, 2.75) is 26.3 Å². The molecule has 0 aliphatic rings. The zero-order valence-electron chi connectivity index (χ0n) is 12.8. The molecule has 21 heavy (non-hydrogen) atoms. The number of ether oxygens (including phenoxy) is 2. The summed E-state index contributed by atoms with van der Waals surface area (Å²) in [6.07, 6.45) is 0. The van der Waals surface area contributed by atoms with Gasteiger partial charge in [-0.25, -0.2) is 4.68 Å². The molecule has 0 radical (unpaired) electrons. The largest absolute Gasteiger partial charge is 0.492 e. The van der Waals surface area contributed by atoms with Gasteiger partial charge in [-0.3, -0.25) is 0 Å². The maximum atomic E-state index is 6.00. The highest BCUT2D eigenvalue weighted by atomic mass is 16.5. The Labute approximate surface area is 124 Å². The molecule has 0 unspecified atom stereocenters. The average molecular weight is 291 g/mol. The molecular weight excluding hydrogens is 270 g/mol. The summed E-state index contributed by atoms with van der Waals surface area (Å²) < 4.78 is 12.4. The van der Waals surface area contributed by atoms with Gasteiger partial charge < -0.3 is 15.2 Å². The molecular formula is C14H21N5O2. The maximum Gasteiger partial charge on any atom is 0.182 e. The molecule has 114 valence electrons. The van der Waals surface area contributed by atoms with Crippen LogP contribution in [0.4, 0.5) is 5.69 Å². The Morgan fingerprint density at radius 1 is 1.33 bits per heavy atom. The van der Waals surface area contributed by atoms with Crippen molar-refractivity contribution in [3.8, 4) is 17.1 Å². The number of hydrogen-bond acceptors (Lipinski definition) is 6. The van der Waals surface area contributed by atoms with Crippen LogP contribution in [-0.2, 0) is 10.3 Å². The standard InChI is InChI=1S/C14H21N5O2/c1-5-21-12-7-6-10(8-11(12)15)13-16-17-18-19(13)14(2,3)9-20-4/h6-8H,5,9,15H2,1-4H3. The van der Waals surface area contributed by atoms with Gasteiger partial charge in [-0.2, -0.15) is 0 Å². The number of rotatable bonds is 6. The number of nitrogens with two attached hydrogens (primary N) is 1. The third kappa shape index (κ3) is 3.13. The van der Waals surface area contributed by atoms with Crippen molar-refractivity contribution in [3.05, 3.63) is 18.2 Å². The second kappa shape index (κ2) is 6.09. The summed E-state index contributed by atoms with van der Waals surface area (Å²) in [7, 11) is 1.65. The number of aromatic nitrogens is 4. The molecule has 2 rings (SSSR count). The summed E-state index contributed by atoms with van der Waals surface area (Å²) >= 11 is 0. The monoisotopic (exact) mass is 291 g/mol. The highest BCUT2D eigenvalue weighted by Gasteiger charge is 2.26. The molecule has 0 fully saturated rings. The van der Waals surface area contributed by atoms with Gasteiger partial charge in [-0.1, -0.05) is 0 Å². The normalized spacial score (nSPS) is 11.6. The van der Waals surface area contributed by atoms with E-state index in [-0.39, 0.29) is 5.54 Å². The van der Waals surface area contributed by atoms with Crippen LogP contribution in [0.5, 0.6) is 5.75 Å². The molecule has 2 aromatic rings. The van der Waals surface area contributed by atoms with Crippen molar-refractivity contribution < 1.29 is 9.47 Å². The first-order valence-electron chi connectivity index (χ1n) is 6.80. The minimum Gasteiger partial charge on any atom is -0.492 e. The number of nitrogens with zero attached hydrogens (tertiary/aromatic N) is 4. The maximum absolute atomic E-state index is 6.00. The molecule has 0 spiro atoms. The second-order valence-electron chi connectivity index (χ2n) is 5.35.